The summed E-state index contributed by atoms with van der Waals surface area (Å²) in [4.78, 5) is 22.9. The lowest BCUT2D eigenvalue weighted by Crippen LogP contribution is -2.28. The van der Waals surface area contributed by atoms with Gasteiger partial charge in [0.15, 0.2) is 0 Å². The second-order valence-electron chi connectivity index (χ2n) is 5.10. The minimum Gasteiger partial charge on any atom is -0.325 e. The van der Waals surface area contributed by atoms with Gasteiger partial charge < -0.3 is 5.32 Å². The largest absolute Gasteiger partial charge is 0.325 e. The van der Waals surface area contributed by atoms with Crippen molar-refractivity contribution < 1.29 is 9.59 Å². The Labute approximate surface area is 121 Å². The Balaban J connectivity index is 1.74. The second kappa shape index (κ2) is 4.90. The van der Waals surface area contributed by atoms with Crippen LogP contribution in [0.25, 0.3) is 0 Å². The lowest BCUT2D eigenvalue weighted by atomic mass is 10.0. The van der Waals surface area contributed by atoms with Gasteiger partial charge in [-0.25, -0.2) is 5.43 Å². The smallest absolute Gasteiger partial charge is 0.243 e. The SMILES string of the molecule is CC(Cl)C(=O)Nc1ccc(C2=NNC(=O)C3CC23)cc1. The molecule has 1 saturated carbocycles. The van der Waals surface area contributed by atoms with Gasteiger partial charge in [-0.3, -0.25) is 9.59 Å². The molecule has 3 rings (SSSR count). The number of hydrogen-bond acceptors (Lipinski definition) is 3. The van der Waals surface area contributed by atoms with E-state index in [1.165, 1.54) is 0 Å². The van der Waals surface area contributed by atoms with Gasteiger partial charge in [0.1, 0.15) is 5.38 Å². The highest BCUT2D eigenvalue weighted by molar-refractivity contribution is 6.32. The number of alkyl halides is 1. The lowest BCUT2D eigenvalue weighted by Gasteiger charge is -2.12. The molecule has 0 bridgehead atoms. The van der Waals surface area contributed by atoms with Crippen LogP contribution in [0.15, 0.2) is 29.4 Å². The molecule has 2 amide bonds. The minimum absolute atomic E-state index is 0.0127. The molecule has 2 N–H and O–H groups in total. The van der Waals surface area contributed by atoms with Crippen LogP contribution < -0.4 is 10.7 Å². The van der Waals surface area contributed by atoms with E-state index in [-0.39, 0.29) is 23.7 Å². The summed E-state index contributed by atoms with van der Waals surface area (Å²) in [5.74, 6) is 0.105. The van der Waals surface area contributed by atoms with Crippen LogP contribution in [-0.4, -0.2) is 22.9 Å². The summed E-state index contributed by atoms with van der Waals surface area (Å²) in [6.45, 7) is 1.62. The molecule has 1 fully saturated rings. The molecular formula is C14H14ClN3O2. The Morgan fingerprint density at radius 2 is 2.10 bits per heavy atom. The Morgan fingerprint density at radius 1 is 1.40 bits per heavy atom. The Hall–Kier alpha value is -1.88. The molecule has 6 heteroatoms. The summed E-state index contributed by atoms with van der Waals surface area (Å²) >= 11 is 5.70. The van der Waals surface area contributed by atoms with Gasteiger partial charge in [-0.2, -0.15) is 5.10 Å². The standard InChI is InChI=1S/C14H14ClN3O2/c1-7(15)13(19)16-9-4-2-8(3-5-9)12-10-6-11(10)14(20)18-17-12/h2-5,7,10-11H,6H2,1H3,(H,16,19)(H,18,20). The highest BCUT2D eigenvalue weighted by atomic mass is 35.5. The number of hydrogen-bond donors (Lipinski definition) is 2. The van der Waals surface area contributed by atoms with Crippen LogP contribution in [0.1, 0.15) is 18.9 Å². The number of rotatable bonds is 3. The topological polar surface area (TPSA) is 70.6 Å². The van der Waals surface area contributed by atoms with Crippen molar-refractivity contribution in [1.29, 1.82) is 0 Å². The maximum atomic E-state index is 11.5. The van der Waals surface area contributed by atoms with Crippen LogP contribution in [0.2, 0.25) is 0 Å². The van der Waals surface area contributed by atoms with E-state index in [9.17, 15) is 9.59 Å². The predicted molar refractivity (Wildman–Crippen MR) is 76.7 cm³/mol. The van der Waals surface area contributed by atoms with Crippen molar-refractivity contribution in [3.8, 4) is 0 Å². The minimum atomic E-state index is -0.570. The van der Waals surface area contributed by atoms with Crippen LogP contribution in [0.4, 0.5) is 5.69 Å². The highest BCUT2D eigenvalue weighted by Gasteiger charge is 2.49. The van der Waals surface area contributed by atoms with Crippen LogP contribution in [0, 0.1) is 11.8 Å². The number of halogens is 1. The van der Waals surface area contributed by atoms with Gasteiger partial charge in [0.25, 0.3) is 0 Å². The number of benzene rings is 1. The first-order valence-electron chi connectivity index (χ1n) is 6.49. The van der Waals surface area contributed by atoms with E-state index in [4.69, 9.17) is 11.6 Å². The third-order valence-electron chi connectivity index (χ3n) is 3.57. The maximum absolute atomic E-state index is 11.5. The molecule has 0 spiro atoms. The van der Waals surface area contributed by atoms with E-state index in [1.807, 2.05) is 24.3 Å². The summed E-state index contributed by atoms with van der Waals surface area (Å²) in [5, 5.41) is 6.28. The van der Waals surface area contributed by atoms with Crippen molar-refractivity contribution in [3.63, 3.8) is 0 Å². The summed E-state index contributed by atoms with van der Waals surface area (Å²) in [7, 11) is 0. The molecule has 5 nitrogen and oxygen atoms in total. The zero-order chi connectivity index (χ0) is 14.3. The number of nitrogens with zero attached hydrogens (tertiary/aromatic N) is 1. The van der Waals surface area contributed by atoms with Gasteiger partial charge in [0.05, 0.1) is 5.71 Å². The molecule has 1 aliphatic heterocycles. The molecule has 1 aliphatic carbocycles. The fourth-order valence-corrected chi connectivity index (χ4v) is 2.37. The third kappa shape index (κ3) is 2.41. The summed E-state index contributed by atoms with van der Waals surface area (Å²) in [6, 6.07) is 7.39. The molecule has 0 aromatic heterocycles. The highest BCUT2D eigenvalue weighted by Crippen LogP contribution is 2.43. The molecule has 2 aliphatic rings. The van der Waals surface area contributed by atoms with E-state index < -0.39 is 5.38 Å². The van der Waals surface area contributed by atoms with Crippen LogP contribution in [0.5, 0.6) is 0 Å². The molecule has 0 radical (unpaired) electrons. The Bertz CT molecular complexity index is 595. The molecule has 0 saturated heterocycles. The molecule has 3 atom stereocenters. The Morgan fingerprint density at radius 3 is 2.75 bits per heavy atom. The quantitative estimate of drug-likeness (QED) is 0.833. The molecule has 20 heavy (non-hydrogen) atoms. The zero-order valence-electron chi connectivity index (χ0n) is 10.9. The van der Waals surface area contributed by atoms with Crippen LogP contribution in [-0.2, 0) is 9.59 Å². The summed E-state index contributed by atoms with van der Waals surface area (Å²) in [6.07, 6.45) is 0.868. The van der Waals surface area contributed by atoms with Crippen molar-refractivity contribution in [2.75, 3.05) is 5.32 Å². The van der Waals surface area contributed by atoms with Crippen LogP contribution in [0.3, 0.4) is 0 Å². The van der Waals surface area contributed by atoms with Crippen molar-refractivity contribution in [1.82, 2.24) is 5.43 Å². The van der Waals surface area contributed by atoms with Crippen LogP contribution >= 0.6 is 11.6 Å². The van der Waals surface area contributed by atoms with E-state index in [0.29, 0.717) is 5.69 Å². The first kappa shape index (κ1) is 13.1. The van der Waals surface area contributed by atoms with Gasteiger partial charge in [-0.15, -0.1) is 11.6 Å². The lowest BCUT2D eigenvalue weighted by molar-refractivity contribution is -0.122. The first-order chi connectivity index (χ1) is 9.56. The van der Waals surface area contributed by atoms with Crippen molar-refractivity contribution in [3.05, 3.63) is 29.8 Å². The summed E-state index contributed by atoms with van der Waals surface area (Å²) in [5.41, 5.74) is 5.12. The molecule has 104 valence electrons. The van der Waals surface area contributed by atoms with E-state index in [0.717, 1.165) is 17.7 Å². The third-order valence-corrected chi connectivity index (χ3v) is 3.77. The maximum Gasteiger partial charge on any atom is 0.243 e. The number of fused-ring (bicyclic) bond motifs is 1. The molecular weight excluding hydrogens is 278 g/mol. The summed E-state index contributed by atoms with van der Waals surface area (Å²) < 4.78 is 0. The molecule has 1 aromatic rings. The fraction of sp³-hybridized carbons (Fsp3) is 0.357. The van der Waals surface area contributed by atoms with Gasteiger partial charge >= 0.3 is 0 Å². The average Bonchev–Trinajstić information content (AvgIpc) is 3.21. The predicted octanol–water partition coefficient (Wildman–Crippen LogP) is 1.72. The molecule has 1 aromatic carbocycles. The number of carbonyl (C=O) groups is 2. The van der Waals surface area contributed by atoms with E-state index >= 15 is 0 Å². The number of carbonyl (C=O) groups excluding carboxylic acids is 2. The molecule has 3 unspecified atom stereocenters. The van der Waals surface area contributed by atoms with E-state index in [2.05, 4.69) is 15.8 Å². The number of nitrogens with one attached hydrogen (secondary N) is 2. The second-order valence-corrected chi connectivity index (χ2v) is 5.76. The van der Waals surface area contributed by atoms with Crippen molar-refractivity contribution in [2.24, 2.45) is 16.9 Å². The van der Waals surface area contributed by atoms with Gasteiger partial charge in [0.2, 0.25) is 11.8 Å². The number of anilines is 1. The van der Waals surface area contributed by atoms with Crippen molar-refractivity contribution >= 4 is 34.8 Å². The zero-order valence-corrected chi connectivity index (χ0v) is 11.6. The fourth-order valence-electron chi connectivity index (χ4n) is 2.31. The number of amides is 2. The van der Waals surface area contributed by atoms with E-state index in [1.54, 1.807) is 6.92 Å². The average molecular weight is 292 g/mol. The van der Waals surface area contributed by atoms with Crippen molar-refractivity contribution in [2.45, 2.75) is 18.7 Å². The first-order valence-corrected chi connectivity index (χ1v) is 6.92. The van der Waals surface area contributed by atoms with Gasteiger partial charge in [-0.05, 0) is 31.0 Å². The van der Waals surface area contributed by atoms with Gasteiger partial charge in [0, 0.05) is 17.5 Å². The number of hydrazone groups is 1. The molecule has 1 heterocycles. The Kier molecular flexibility index (Phi) is 3.22. The monoisotopic (exact) mass is 291 g/mol. The normalized spacial score (nSPS) is 25.1. The van der Waals surface area contributed by atoms with Gasteiger partial charge in [-0.1, -0.05) is 12.1 Å².